The zero-order valence-electron chi connectivity index (χ0n) is 18.0. The minimum absolute atomic E-state index is 0.148. The van der Waals surface area contributed by atoms with Crippen molar-refractivity contribution in [1.82, 2.24) is 10.2 Å². The van der Waals surface area contributed by atoms with Gasteiger partial charge in [0.2, 0.25) is 5.91 Å². The molecule has 0 bridgehead atoms. The summed E-state index contributed by atoms with van der Waals surface area (Å²) in [5, 5.41) is 4.36. The Bertz CT molecular complexity index is 948. The van der Waals surface area contributed by atoms with Crippen molar-refractivity contribution in [1.29, 1.82) is 0 Å². The molecule has 1 aliphatic carbocycles. The Morgan fingerprint density at radius 3 is 2.44 bits per heavy atom. The first-order chi connectivity index (χ1) is 15.4. The quantitative estimate of drug-likeness (QED) is 0.470. The highest BCUT2D eigenvalue weighted by atomic mass is 35.5. The van der Waals surface area contributed by atoms with E-state index < -0.39 is 6.04 Å². The first-order valence-corrected chi connectivity index (χ1v) is 11.9. The van der Waals surface area contributed by atoms with Crippen LogP contribution in [0, 0.1) is 0 Å². The van der Waals surface area contributed by atoms with Crippen molar-refractivity contribution in [3.8, 4) is 5.75 Å². The number of carbonyl (C=O) groups is 2. The van der Waals surface area contributed by atoms with E-state index in [0.29, 0.717) is 27.2 Å². The summed E-state index contributed by atoms with van der Waals surface area (Å²) >= 11 is 18.4. The predicted molar refractivity (Wildman–Crippen MR) is 128 cm³/mol. The molecule has 1 N–H and O–H groups in total. The van der Waals surface area contributed by atoms with Gasteiger partial charge in [0.15, 0.2) is 6.61 Å². The number of hydrogen-bond acceptors (Lipinski definition) is 3. The van der Waals surface area contributed by atoms with Gasteiger partial charge >= 0.3 is 0 Å². The van der Waals surface area contributed by atoms with Gasteiger partial charge in [-0.05, 0) is 49.1 Å². The summed E-state index contributed by atoms with van der Waals surface area (Å²) in [4.78, 5) is 27.9. The standard InChI is InChI=1S/C24H27Cl3N2O3/c1-2-21(24(31)28-17-7-3-4-8-17)29(14-16-11-12-18(25)20(27)13-16)23(30)15-32-22-10-6-5-9-19(22)26/h5-6,9-13,17,21H,2-4,7-8,14-15H2,1H3,(H,28,31)/t21-/m1/s1. The van der Waals surface area contributed by atoms with Crippen molar-refractivity contribution in [2.75, 3.05) is 6.61 Å². The van der Waals surface area contributed by atoms with Crippen LogP contribution in [-0.2, 0) is 16.1 Å². The average Bonchev–Trinajstić information content (AvgIpc) is 3.28. The van der Waals surface area contributed by atoms with E-state index in [4.69, 9.17) is 39.5 Å². The molecule has 2 aromatic rings. The number of hydrogen-bond donors (Lipinski definition) is 1. The van der Waals surface area contributed by atoms with Crippen LogP contribution in [-0.4, -0.2) is 35.4 Å². The molecule has 1 atom stereocenters. The van der Waals surface area contributed by atoms with Crippen LogP contribution in [0.15, 0.2) is 42.5 Å². The Hall–Kier alpha value is -1.95. The number of halogens is 3. The molecule has 0 spiro atoms. The predicted octanol–water partition coefficient (Wildman–Crippen LogP) is 5.89. The van der Waals surface area contributed by atoms with Crippen molar-refractivity contribution < 1.29 is 14.3 Å². The maximum atomic E-state index is 13.2. The Balaban J connectivity index is 1.79. The minimum Gasteiger partial charge on any atom is -0.482 e. The lowest BCUT2D eigenvalue weighted by Crippen LogP contribution is -2.52. The summed E-state index contributed by atoms with van der Waals surface area (Å²) in [6.45, 7) is 1.86. The van der Waals surface area contributed by atoms with E-state index in [1.807, 2.05) is 6.92 Å². The maximum absolute atomic E-state index is 13.2. The first kappa shape index (κ1) is 24.7. The Kier molecular flexibility index (Phi) is 9.09. The van der Waals surface area contributed by atoms with E-state index >= 15 is 0 Å². The van der Waals surface area contributed by atoms with E-state index in [-0.39, 0.29) is 31.0 Å². The van der Waals surface area contributed by atoms with E-state index in [2.05, 4.69) is 5.32 Å². The highest BCUT2D eigenvalue weighted by Crippen LogP contribution is 2.26. The molecule has 1 aliphatic rings. The molecular formula is C24H27Cl3N2O3. The van der Waals surface area contributed by atoms with E-state index in [9.17, 15) is 9.59 Å². The largest absolute Gasteiger partial charge is 0.482 e. The van der Waals surface area contributed by atoms with Gasteiger partial charge < -0.3 is 15.0 Å². The van der Waals surface area contributed by atoms with Gasteiger partial charge in [-0.2, -0.15) is 0 Å². The number of amides is 2. The highest BCUT2D eigenvalue weighted by Gasteiger charge is 2.31. The second-order valence-corrected chi connectivity index (χ2v) is 9.12. The van der Waals surface area contributed by atoms with Crippen molar-refractivity contribution in [3.63, 3.8) is 0 Å². The minimum atomic E-state index is -0.632. The summed E-state index contributed by atoms with van der Waals surface area (Å²) in [6, 6.07) is 11.7. The summed E-state index contributed by atoms with van der Waals surface area (Å²) in [5.41, 5.74) is 0.776. The molecule has 1 fully saturated rings. The molecular weight excluding hydrogens is 471 g/mol. The summed E-state index contributed by atoms with van der Waals surface area (Å²) in [6.07, 6.45) is 4.63. The van der Waals surface area contributed by atoms with Gasteiger partial charge in [-0.15, -0.1) is 0 Å². The van der Waals surface area contributed by atoms with Crippen LogP contribution in [0.2, 0.25) is 15.1 Å². The molecule has 172 valence electrons. The topological polar surface area (TPSA) is 58.6 Å². The Morgan fingerprint density at radius 1 is 1.06 bits per heavy atom. The van der Waals surface area contributed by atoms with Crippen LogP contribution in [0.3, 0.4) is 0 Å². The molecule has 1 saturated carbocycles. The third-order valence-corrected chi connectivity index (χ3v) is 6.66. The van der Waals surface area contributed by atoms with Gasteiger partial charge in [0.25, 0.3) is 5.91 Å². The van der Waals surface area contributed by atoms with Crippen LogP contribution < -0.4 is 10.1 Å². The van der Waals surface area contributed by atoms with Crippen molar-refractivity contribution in [3.05, 3.63) is 63.1 Å². The molecule has 0 radical (unpaired) electrons. The van der Waals surface area contributed by atoms with E-state index in [1.54, 1.807) is 47.4 Å². The molecule has 0 saturated heterocycles. The van der Waals surface area contributed by atoms with Crippen LogP contribution >= 0.6 is 34.8 Å². The fourth-order valence-electron chi connectivity index (χ4n) is 3.91. The molecule has 0 aromatic heterocycles. The zero-order chi connectivity index (χ0) is 23.1. The molecule has 0 aliphatic heterocycles. The SMILES string of the molecule is CC[C@H](C(=O)NC1CCCC1)N(Cc1ccc(Cl)c(Cl)c1)C(=O)COc1ccccc1Cl. The summed E-state index contributed by atoms with van der Waals surface area (Å²) < 4.78 is 5.67. The molecule has 2 aromatic carbocycles. The lowest BCUT2D eigenvalue weighted by atomic mass is 10.1. The second-order valence-electron chi connectivity index (χ2n) is 7.90. The van der Waals surface area contributed by atoms with Crippen molar-refractivity contribution >= 4 is 46.6 Å². The molecule has 5 nitrogen and oxygen atoms in total. The molecule has 0 heterocycles. The van der Waals surface area contributed by atoms with Gasteiger partial charge in [-0.25, -0.2) is 0 Å². The number of nitrogens with zero attached hydrogens (tertiary/aromatic N) is 1. The lowest BCUT2D eigenvalue weighted by Gasteiger charge is -2.31. The molecule has 2 amide bonds. The fraction of sp³-hybridized carbons (Fsp3) is 0.417. The van der Waals surface area contributed by atoms with Crippen LogP contribution in [0.4, 0.5) is 0 Å². The van der Waals surface area contributed by atoms with Gasteiger partial charge in [0.05, 0.1) is 15.1 Å². The maximum Gasteiger partial charge on any atom is 0.261 e. The Morgan fingerprint density at radius 2 is 1.78 bits per heavy atom. The third-order valence-electron chi connectivity index (χ3n) is 5.61. The number of para-hydroxylation sites is 1. The Labute approximate surface area is 204 Å². The summed E-state index contributed by atoms with van der Waals surface area (Å²) in [7, 11) is 0. The fourth-order valence-corrected chi connectivity index (χ4v) is 4.42. The number of ether oxygens (including phenoxy) is 1. The van der Waals surface area contributed by atoms with Gasteiger partial charge in [0.1, 0.15) is 11.8 Å². The first-order valence-electron chi connectivity index (χ1n) is 10.8. The number of rotatable bonds is 9. The number of nitrogens with one attached hydrogen (secondary N) is 1. The molecule has 3 rings (SSSR count). The number of carbonyl (C=O) groups excluding carboxylic acids is 2. The zero-order valence-corrected chi connectivity index (χ0v) is 20.2. The molecule has 0 unspecified atom stereocenters. The highest BCUT2D eigenvalue weighted by molar-refractivity contribution is 6.42. The van der Waals surface area contributed by atoms with E-state index in [0.717, 1.165) is 31.2 Å². The van der Waals surface area contributed by atoms with Crippen LogP contribution in [0.25, 0.3) is 0 Å². The summed E-state index contributed by atoms with van der Waals surface area (Å²) in [5.74, 6) is -0.0459. The van der Waals surface area contributed by atoms with Crippen molar-refractivity contribution in [2.24, 2.45) is 0 Å². The number of benzene rings is 2. The average molecular weight is 498 g/mol. The molecule has 8 heteroatoms. The van der Waals surface area contributed by atoms with Crippen LogP contribution in [0.1, 0.15) is 44.6 Å². The lowest BCUT2D eigenvalue weighted by molar-refractivity contribution is -0.143. The van der Waals surface area contributed by atoms with E-state index in [1.165, 1.54) is 0 Å². The monoisotopic (exact) mass is 496 g/mol. The van der Waals surface area contributed by atoms with Crippen molar-refractivity contribution in [2.45, 2.75) is 57.7 Å². The normalized spacial score (nSPS) is 14.8. The van der Waals surface area contributed by atoms with Gasteiger partial charge in [0, 0.05) is 12.6 Å². The van der Waals surface area contributed by atoms with Crippen LogP contribution in [0.5, 0.6) is 5.75 Å². The molecule has 32 heavy (non-hydrogen) atoms. The smallest absolute Gasteiger partial charge is 0.261 e. The third kappa shape index (κ3) is 6.53. The van der Waals surface area contributed by atoms with Gasteiger partial charge in [-0.3, -0.25) is 9.59 Å². The second kappa shape index (κ2) is 11.8. The van der Waals surface area contributed by atoms with Gasteiger partial charge in [-0.1, -0.05) is 72.8 Å².